The summed E-state index contributed by atoms with van der Waals surface area (Å²) in [4.78, 5) is 11.9. The zero-order valence-electron chi connectivity index (χ0n) is 11.9. The Morgan fingerprint density at radius 2 is 2.06 bits per heavy atom. The van der Waals surface area contributed by atoms with E-state index in [1.54, 1.807) is 7.05 Å². The van der Waals surface area contributed by atoms with Gasteiger partial charge in [-0.15, -0.1) is 0 Å². The van der Waals surface area contributed by atoms with Gasteiger partial charge < -0.3 is 10.1 Å². The van der Waals surface area contributed by atoms with Crippen LogP contribution < -0.4 is 5.32 Å². The van der Waals surface area contributed by atoms with Crippen LogP contribution in [0.1, 0.15) is 49.4 Å². The first-order valence-corrected chi connectivity index (χ1v) is 6.45. The van der Waals surface area contributed by atoms with E-state index in [1.807, 2.05) is 13.8 Å². The van der Waals surface area contributed by atoms with Gasteiger partial charge in [0, 0.05) is 0 Å². The number of aryl methyl sites for hydroxylation is 1. The van der Waals surface area contributed by atoms with E-state index in [-0.39, 0.29) is 12.0 Å². The van der Waals surface area contributed by atoms with E-state index in [9.17, 15) is 4.79 Å². The molecule has 0 aliphatic heterocycles. The maximum Gasteiger partial charge on any atom is 0.327 e. The molecular weight excluding hydrogens is 226 g/mol. The number of hydrogen-bond donors (Lipinski definition) is 1. The van der Waals surface area contributed by atoms with Crippen molar-refractivity contribution in [3.8, 4) is 0 Å². The van der Waals surface area contributed by atoms with Crippen LogP contribution in [-0.4, -0.2) is 19.6 Å². The van der Waals surface area contributed by atoms with Crippen LogP contribution in [0.15, 0.2) is 18.2 Å². The largest absolute Gasteiger partial charge is 0.465 e. The van der Waals surface area contributed by atoms with E-state index in [0.717, 1.165) is 11.1 Å². The van der Waals surface area contributed by atoms with E-state index in [1.165, 1.54) is 5.56 Å². The minimum Gasteiger partial charge on any atom is -0.465 e. The summed E-state index contributed by atoms with van der Waals surface area (Å²) in [5, 5.41) is 3.04. The quantitative estimate of drug-likeness (QED) is 0.815. The van der Waals surface area contributed by atoms with Gasteiger partial charge in [0.05, 0.1) is 6.61 Å². The van der Waals surface area contributed by atoms with Gasteiger partial charge in [-0.1, -0.05) is 32.0 Å². The van der Waals surface area contributed by atoms with E-state index in [4.69, 9.17) is 4.74 Å². The van der Waals surface area contributed by atoms with E-state index < -0.39 is 0 Å². The molecule has 0 aliphatic carbocycles. The van der Waals surface area contributed by atoms with Gasteiger partial charge in [0.2, 0.25) is 0 Å². The average molecular weight is 249 g/mol. The topological polar surface area (TPSA) is 38.3 Å². The minimum absolute atomic E-state index is 0.219. The third-order valence-electron chi connectivity index (χ3n) is 3.09. The molecule has 3 nitrogen and oxygen atoms in total. The highest BCUT2D eigenvalue weighted by molar-refractivity contribution is 5.78. The van der Waals surface area contributed by atoms with Crippen LogP contribution in [-0.2, 0) is 9.53 Å². The molecule has 3 heteroatoms. The van der Waals surface area contributed by atoms with Crippen molar-refractivity contribution in [2.75, 3.05) is 13.7 Å². The molecule has 1 rings (SSSR count). The second-order valence-electron chi connectivity index (χ2n) is 4.74. The maximum absolute atomic E-state index is 11.9. The van der Waals surface area contributed by atoms with Crippen LogP contribution in [0.4, 0.5) is 0 Å². The second-order valence-corrected chi connectivity index (χ2v) is 4.74. The molecule has 0 radical (unpaired) electrons. The predicted molar refractivity (Wildman–Crippen MR) is 73.7 cm³/mol. The van der Waals surface area contributed by atoms with Crippen molar-refractivity contribution in [2.24, 2.45) is 0 Å². The van der Waals surface area contributed by atoms with Crippen molar-refractivity contribution in [1.82, 2.24) is 5.32 Å². The number of hydrogen-bond acceptors (Lipinski definition) is 3. The van der Waals surface area contributed by atoms with Crippen LogP contribution in [0.3, 0.4) is 0 Å². The summed E-state index contributed by atoms with van der Waals surface area (Å²) in [6.07, 6.45) is 0. The molecule has 0 spiro atoms. The van der Waals surface area contributed by atoms with Crippen LogP contribution in [0.2, 0.25) is 0 Å². The summed E-state index contributed by atoms with van der Waals surface area (Å²) < 4.78 is 5.10. The number of esters is 1. The van der Waals surface area contributed by atoms with Gasteiger partial charge in [-0.3, -0.25) is 0 Å². The molecule has 0 bridgehead atoms. The number of rotatable bonds is 5. The van der Waals surface area contributed by atoms with Gasteiger partial charge in [0.15, 0.2) is 0 Å². The van der Waals surface area contributed by atoms with Crippen LogP contribution >= 0.6 is 0 Å². The molecule has 0 heterocycles. The van der Waals surface area contributed by atoms with Crippen molar-refractivity contribution in [2.45, 2.75) is 39.7 Å². The minimum atomic E-state index is -0.386. The number of likely N-dealkylation sites (N-methyl/N-ethyl adjacent to an activating group) is 1. The number of ether oxygens (including phenoxy) is 1. The fourth-order valence-corrected chi connectivity index (χ4v) is 1.95. The highest BCUT2D eigenvalue weighted by Gasteiger charge is 2.22. The first-order valence-electron chi connectivity index (χ1n) is 6.45. The molecule has 1 aromatic carbocycles. The highest BCUT2D eigenvalue weighted by atomic mass is 16.5. The number of carbonyl (C=O) groups excluding carboxylic acids is 1. The van der Waals surface area contributed by atoms with E-state index >= 15 is 0 Å². The third kappa shape index (κ3) is 3.33. The van der Waals surface area contributed by atoms with Gasteiger partial charge >= 0.3 is 5.97 Å². The molecule has 0 aliphatic rings. The Morgan fingerprint density at radius 3 is 2.56 bits per heavy atom. The normalized spacial score (nSPS) is 12.6. The van der Waals surface area contributed by atoms with Crippen molar-refractivity contribution in [3.05, 3.63) is 34.9 Å². The van der Waals surface area contributed by atoms with Crippen molar-refractivity contribution >= 4 is 5.97 Å². The van der Waals surface area contributed by atoms with E-state index in [2.05, 4.69) is 37.4 Å². The Labute approximate surface area is 110 Å². The number of benzene rings is 1. The SMILES string of the molecule is CCOC(=O)C(NC)c1cc(C(C)C)ccc1C. The zero-order valence-corrected chi connectivity index (χ0v) is 11.9. The van der Waals surface area contributed by atoms with Crippen LogP contribution in [0, 0.1) is 6.92 Å². The first-order chi connectivity index (χ1) is 8.51. The molecule has 1 unspecified atom stereocenters. The van der Waals surface area contributed by atoms with Crippen molar-refractivity contribution in [1.29, 1.82) is 0 Å². The molecule has 0 fully saturated rings. The van der Waals surface area contributed by atoms with Crippen LogP contribution in [0.5, 0.6) is 0 Å². The Bertz CT molecular complexity index is 413. The molecule has 100 valence electrons. The Kier molecular flexibility index (Phi) is 5.35. The number of carbonyl (C=O) groups is 1. The van der Waals surface area contributed by atoms with Gasteiger partial charge in [0.25, 0.3) is 0 Å². The lowest BCUT2D eigenvalue weighted by Gasteiger charge is -2.19. The first kappa shape index (κ1) is 14.7. The second kappa shape index (κ2) is 6.55. The summed E-state index contributed by atoms with van der Waals surface area (Å²) in [6, 6.07) is 5.89. The summed E-state index contributed by atoms with van der Waals surface area (Å²) in [5.74, 6) is 0.230. The van der Waals surface area contributed by atoms with Gasteiger partial charge in [-0.2, -0.15) is 0 Å². The molecule has 0 aromatic heterocycles. The monoisotopic (exact) mass is 249 g/mol. The molecular formula is C15H23NO2. The standard InChI is InChI=1S/C15H23NO2/c1-6-18-15(17)14(16-5)13-9-12(10(2)3)8-7-11(13)4/h7-10,14,16H,6H2,1-5H3. The van der Waals surface area contributed by atoms with Gasteiger partial charge in [-0.05, 0) is 43.5 Å². The van der Waals surface area contributed by atoms with Crippen molar-refractivity contribution < 1.29 is 9.53 Å². The molecule has 0 saturated carbocycles. The Hall–Kier alpha value is -1.35. The number of nitrogens with one attached hydrogen (secondary N) is 1. The molecule has 1 aromatic rings. The third-order valence-corrected chi connectivity index (χ3v) is 3.09. The molecule has 1 atom stereocenters. The fraction of sp³-hybridized carbons (Fsp3) is 0.533. The summed E-state index contributed by atoms with van der Waals surface area (Å²) in [6.45, 7) is 8.53. The predicted octanol–water partition coefficient (Wildman–Crippen LogP) is 2.94. The lowest BCUT2D eigenvalue weighted by atomic mass is 9.94. The van der Waals surface area contributed by atoms with Crippen LogP contribution in [0.25, 0.3) is 0 Å². The Morgan fingerprint density at radius 1 is 1.39 bits per heavy atom. The summed E-state index contributed by atoms with van der Waals surface area (Å²) in [5.41, 5.74) is 3.34. The summed E-state index contributed by atoms with van der Waals surface area (Å²) >= 11 is 0. The van der Waals surface area contributed by atoms with Crippen molar-refractivity contribution in [3.63, 3.8) is 0 Å². The lowest BCUT2D eigenvalue weighted by molar-refractivity contribution is -0.145. The average Bonchev–Trinajstić information content (AvgIpc) is 2.32. The fourth-order valence-electron chi connectivity index (χ4n) is 1.95. The molecule has 1 N–H and O–H groups in total. The van der Waals surface area contributed by atoms with E-state index in [0.29, 0.717) is 12.5 Å². The smallest absolute Gasteiger partial charge is 0.327 e. The lowest BCUT2D eigenvalue weighted by Crippen LogP contribution is -2.28. The molecule has 18 heavy (non-hydrogen) atoms. The highest BCUT2D eigenvalue weighted by Crippen LogP contribution is 2.24. The van der Waals surface area contributed by atoms with Gasteiger partial charge in [0.1, 0.15) is 6.04 Å². The zero-order chi connectivity index (χ0) is 13.7. The molecule has 0 amide bonds. The maximum atomic E-state index is 11.9. The van der Waals surface area contributed by atoms with Gasteiger partial charge in [-0.25, -0.2) is 4.79 Å². The Balaban J connectivity index is 3.11. The summed E-state index contributed by atoms with van der Waals surface area (Å²) in [7, 11) is 1.78. The molecule has 0 saturated heterocycles.